The van der Waals surface area contributed by atoms with E-state index < -0.39 is 0 Å². The number of fused-ring (bicyclic) bond motifs is 1. The molecule has 0 bridgehead atoms. The standard InChI is InChI=1S/C30H28FN3O3/c1-36-15-16-37-25-13-14-26-27(18-32)29(34(28(26)17-25)24-3-2-4-24)21-7-9-22(10-8-21)30(35)33-19-20-5-11-23(31)12-6-20/h5-14,17,24H,2-4,15-16,19H2,1H3,(H,33,35). The Morgan fingerprint density at radius 1 is 1.08 bits per heavy atom. The van der Waals surface area contributed by atoms with Crippen molar-refractivity contribution in [2.24, 2.45) is 0 Å². The largest absolute Gasteiger partial charge is 0.491 e. The van der Waals surface area contributed by atoms with Crippen molar-refractivity contribution < 1.29 is 18.7 Å². The number of amides is 1. The van der Waals surface area contributed by atoms with Crippen LogP contribution in [0.25, 0.3) is 22.2 Å². The Bertz CT molecular complexity index is 1450. The number of hydrogen-bond donors (Lipinski definition) is 1. The van der Waals surface area contributed by atoms with Gasteiger partial charge in [0, 0.05) is 36.7 Å². The quantitative estimate of drug-likeness (QED) is 0.288. The van der Waals surface area contributed by atoms with Crippen molar-refractivity contribution in [3.05, 3.63) is 89.2 Å². The number of aromatic nitrogens is 1. The van der Waals surface area contributed by atoms with Crippen LogP contribution in [0.4, 0.5) is 4.39 Å². The van der Waals surface area contributed by atoms with Gasteiger partial charge in [0.15, 0.2) is 0 Å². The average Bonchev–Trinajstić information content (AvgIpc) is 3.20. The van der Waals surface area contributed by atoms with Crippen molar-refractivity contribution in [1.82, 2.24) is 9.88 Å². The van der Waals surface area contributed by atoms with Crippen LogP contribution in [-0.4, -0.2) is 30.8 Å². The summed E-state index contributed by atoms with van der Waals surface area (Å²) in [5, 5.41) is 13.9. The first kappa shape index (κ1) is 24.5. The second kappa shape index (κ2) is 10.9. The van der Waals surface area contributed by atoms with Crippen LogP contribution >= 0.6 is 0 Å². The molecule has 188 valence electrons. The minimum Gasteiger partial charge on any atom is -0.491 e. The maximum absolute atomic E-state index is 13.1. The molecule has 1 saturated carbocycles. The van der Waals surface area contributed by atoms with E-state index in [2.05, 4.69) is 16.0 Å². The van der Waals surface area contributed by atoms with Crippen LogP contribution in [0.3, 0.4) is 0 Å². The van der Waals surface area contributed by atoms with Gasteiger partial charge in [-0.3, -0.25) is 4.79 Å². The SMILES string of the molecule is COCCOc1ccc2c(C#N)c(-c3ccc(C(=O)NCc4ccc(F)cc4)cc3)n(C3CCC3)c2c1. The van der Waals surface area contributed by atoms with Gasteiger partial charge >= 0.3 is 0 Å². The van der Waals surface area contributed by atoms with Crippen LogP contribution in [0.15, 0.2) is 66.7 Å². The molecule has 3 aromatic carbocycles. The summed E-state index contributed by atoms with van der Waals surface area (Å²) in [4.78, 5) is 12.7. The van der Waals surface area contributed by atoms with E-state index >= 15 is 0 Å². The Kier molecular flexibility index (Phi) is 7.20. The monoisotopic (exact) mass is 497 g/mol. The van der Waals surface area contributed by atoms with Crippen LogP contribution in [0.1, 0.15) is 46.8 Å². The van der Waals surface area contributed by atoms with Crippen LogP contribution in [0.5, 0.6) is 5.75 Å². The Morgan fingerprint density at radius 3 is 2.49 bits per heavy atom. The molecule has 1 N–H and O–H groups in total. The van der Waals surface area contributed by atoms with E-state index in [-0.39, 0.29) is 11.7 Å². The minimum atomic E-state index is -0.309. The second-order valence-electron chi connectivity index (χ2n) is 9.20. The average molecular weight is 498 g/mol. The summed E-state index contributed by atoms with van der Waals surface area (Å²) in [6.07, 6.45) is 3.27. The summed E-state index contributed by atoms with van der Waals surface area (Å²) >= 11 is 0. The lowest BCUT2D eigenvalue weighted by Crippen LogP contribution is -2.22. The molecule has 0 saturated heterocycles. The fourth-order valence-electron chi connectivity index (χ4n) is 4.71. The van der Waals surface area contributed by atoms with Crippen molar-refractivity contribution in [1.29, 1.82) is 5.26 Å². The number of benzene rings is 3. The van der Waals surface area contributed by atoms with Gasteiger partial charge in [-0.15, -0.1) is 0 Å². The van der Waals surface area contributed by atoms with Gasteiger partial charge in [0.2, 0.25) is 0 Å². The number of nitrogens with zero attached hydrogens (tertiary/aromatic N) is 2. The molecule has 0 radical (unpaired) electrons. The second-order valence-corrected chi connectivity index (χ2v) is 9.20. The first-order chi connectivity index (χ1) is 18.1. The maximum Gasteiger partial charge on any atom is 0.251 e. The van der Waals surface area contributed by atoms with E-state index in [1.165, 1.54) is 12.1 Å². The van der Waals surface area contributed by atoms with E-state index in [1.807, 2.05) is 30.3 Å². The highest BCUT2D eigenvalue weighted by molar-refractivity contribution is 5.97. The molecule has 0 atom stereocenters. The van der Waals surface area contributed by atoms with Gasteiger partial charge in [0.05, 0.1) is 23.4 Å². The molecule has 0 aliphatic heterocycles. The van der Waals surface area contributed by atoms with Crippen molar-refractivity contribution in [3.63, 3.8) is 0 Å². The fraction of sp³-hybridized carbons (Fsp3) is 0.267. The number of nitrogens with one attached hydrogen (secondary N) is 1. The summed E-state index contributed by atoms with van der Waals surface area (Å²) in [5.74, 6) is 0.220. The van der Waals surface area contributed by atoms with Gasteiger partial charge in [-0.25, -0.2) is 4.39 Å². The lowest BCUT2D eigenvalue weighted by atomic mass is 9.92. The molecule has 5 rings (SSSR count). The lowest BCUT2D eigenvalue weighted by Gasteiger charge is -2.30. The topological polar surface area (TPSA) is 76.3 Å². The number of halogens is 1. The first-order valence-electron chi connectivity index (χ1n) is 12.4. The van der Waals surface area contributed by atoms with E-state index in [0.717, 1.165) is 52.7 Å². The number of hydrogen-bond acceptors (Lipinski definition) is 4. The van der Waals surface area contributed by atoms with Crippen molar-refractivity contribution in [2.75, 3.05) is 20.3 Å². The maximum atomic E-state index is 13.1. The Hall–Kier alpha value is -4.15. The smallest absolute Gasteiger partial charge is 0.251 e. The van der Waals surface area contributed by atoms with Gasteiger partial charge in [-0.05, 0) is 66.8 Å². The number of rotatable bonds is 9. The number of nitriles is 1. The molecule has 1 heterocycles. The minimum absolute atomic E-state index is 0.214. The summed E-state index contributed by atoms with van der Waals surface area (Å²) < 4.78 is 26.3. The molecule has 1 amide bonds. The molecule has 0 unspecified atom stereocenters. The fourth-order valence-corrected chi connectivity index (χ4v) is 4.71. The number of carbonyl (C=O) groups excluding carboxylic acids is 1. The predicted octanol–water partition coefficient (Wildman–Crippen LogP) is 6.00. The first-order valence-corrected chi connectivity index (χ1v) is 12.4. The number of methoxy groups -OCH3 is 1. The van der Waals surface area contributed by atoms with Gasteiger partial charge in [-0.2, -0.15) is 5.26 Å². The molecule has 1 fully saturated rings. The summed E-state index contributed by atoms with van der Waals surface area (Å²) in [7, 11) is 1.64. The van der Waals surface area contributed by atoms with Crippen molar-refractivity contribution in [3.8, 4) is 23.1 Å². The third-order valence-electron chi connectivity index (χ3n) is 6.87. The van der Waals surface area contributed by atoms with Gasteiger partial charge < -0.3 is 19.4 Å². The Morgan fingerprint density at radius 2 is 1.84 bits per heavy atom. The van der Waals surface area contributed by atoms with Gasteiger partial charge in [0.1, 0.15) is 24.2 Å². The van der Waals surface area contributed by atoms with Crippen LogP contribution in [0.2, 0.25) is 0 Å². The van der Waals surface area contributed by atoms with E-state index in [0.29, 0.717) is 36.9 Å². The molecule has 7 heteroatoms. The highest BCUT2D eigenvalue weighted by Gasteiger charge is 2.28. The van der Waals surface area contributed by atoms with Crippen molar-refractivity contribution >= 4 is 16.8 Å². The molecule has 4 aromatic rings. The zero-order chi connectivity index (χ0) is 25.8. The zero-order valence-electron chi connectivity index (χ0n) is 20.7. The number of carbonyl (C=O) groups is 1. The Labute approximate surface area is 215 Å². The molecular formula is C30H28FN3O3. The normalized spacial score (nSPS) is 13.2. The molecule has 1 aliphatic rings. The molecule has 37 heavy (non-hydrogen) atoms. The van der Waals surface area contributed by atoms with E-state index in [4.69, 9.17) is 9.47 Å². The van der Waals surface area contributed by atoms with Crippen molar-refractivity contribution in [2.45, 2.75) is 31.8 Å². The van der Waals surface area contributed by atoms with Crippen LogP contribution < -0.4 is 10.1 Å². The summed E-state index contributed by atoms with van der Waals surface area (Å²) in [6.45, 7) is 1.26. The number of ether oxygens (including phenoxy) is 2. The van der Waals surface area contributed by atoms with Gasteiger partial charge in [-0.1, -0.05) is 24.3 Å². The molecular weight excluding hydrogens is 469 g/mol. The molecule has 0 spiro atoms. The van der Waals surface area contributed by atoms with E-state index in [9.17, 15) is 14.4 Å². The molecule has 6 nitrogen and oxygen atoms in total. The molecule has 1 aromatic heterocycles. The predicted molar refractivity (Wildman–Crippen MR) is 140 cm³/mol. The third-order valence-corrected chi connectivity index (χ3v) is 6.87. The third kappa shape index (κ3) is 5.07. The Balaban J connectivity index is 1.45. The summed E-state index contributed by atoms with van der Waals surface area (Å²) in [5.41, 5.74) is 4.70. The highest BCUT2D eigenvalue weighted by atomic mass is 19.1. The van der Waals surface area contributed by atoms with Crippen LogP contribution in [0, 0.1) is 17.1 Å². The van der Waals surface area contributed by atoms with E-state index in [1.54, 1.807) is 31.4 Å². The summed E-state index contributed by atoms with van der Waals surface area (Å²) in [6, 6.07) is 22.0. The van der Waals surface area contributed by atoms with Crippen LogP contribution in [-0.2, 0) is 11.3 Å². The lowest BCUT2D eigenvalue weighted by molar-refractivity contribution is 0.0951. The zero-order valence-corrected chi connectivity index (χ0v) is 20.7. The van der Waals surface area contributed by atoms with Gasteiger partial charge in [0.25, 0.3) is 5.91 Å². The highest BCUT2D eigenvalue weighted by Crippen LogP contribution is 2.43. The molecule has 1 aliphatic carbocycles.